The number of nitrogens with one attached hydrogen (secondary N) is 3. The zero-order chi connectivity index (χ0) is 21.2. The number of carbonyl (C=O) groups is 1. The number of carbonyl (C=O) groups excluding carboxylic acids is 1. The number of aromatic nitrogens is 1. The van der Waals surface area contributed by atoms with Crippen molar-refractivity contribution >= 4 is 46.7 Å². The Labute approximate surface area is 200 Å². The molecule has 8 heteroatoms. The molecule has 0 aliphatic heterocycles. The van der Waals surface area contributed by atoms with Crippen LogP contribution in [0.4, 0.5) is 0 Å². The van der Waals surface area contributed by atoms with Gasteiger partial charge in [0, 0.05) is 50.5 Å². The minimum Gasteiger partial charge on any atom is -0.497 e. The molecule has 0 bridgehead atoms. The third kappa shape index (κ3) is 7.16. The maximum atomic E-state index is 12.2. The molecule has 2 aromatic carbocycles. The summed E-state index contributed by atoms with van der Waals surface area (Å²) in [5, 5.41) is 10.7. The Morgan fingerprint density at radius 1 is 1.00 bits per heavy atom. The van der Waals surface area contributed by atoms with Crippen molar-refractivity contribution in [2.45, 2.75) is 13.0 Å². The number of benzene rings is 2. The van der Waals surface area contributed by atoms with Crippen LogP contribution in [-0.2, 0) is 6.54 Å². The summed E-state index contributed by atoms with van der Waals surface area (Å²) in [6.45, 7) is 2.82. The van der Waals surface area contributed by atoms with Crippen molar-refractivity contribution in [3.63, 3.8) is 0 Å². The van der Waals surface area contributed by atoms with E-state index in [-0.39, 0.29) is 29.9 Å². The number of ether oxygens (including phenoxy) is 1. The molecule has 3 aromatic rings. The standard InChI is InChI=1S/C23H29N5O2.HI/c1-24-23(26-12-6-15-28-16-11-18-7-3-4-10-21(18)28)27-14-13-25-22(29)19-8-5-9-20(17-19)30-2;/h3-5,7-11,16-17H,6,12-15H2,1-2H3,(H,25,29)(H2,24,26,27);1H. The average Bonchev–Trinajstić information content (AvgIpc) is 3.21. The van der Waals surface area contributed by atoms with E-state index in [0.717, 1.165) is 25.5 Å². The topological polar surface area (TPSA) is 79.7 Å². The lowest BCUT2D eigenvalue weighted by atomic mass is 10.2. The fourth-order valence-corrected chi connectivity index (χ4v) is 3.24. The van der Waals surface area contributed by atoms with Crippen molar-refractivity contribution < 1.29 is 9.53 Å². The quantitative estimate of drug-likeness (QED) is 0.170. The van der Waals surface area contributed by atoms with Crippen LogP contribution in [0.2, 0.25) is 0 Å². The minimum atomic E-state index is -0.127. The molecule has 0 saturated heterocycles. The number of para-hydroxylation sites is 1. The lowest BCUT2D eigenvalue weighted by Gasteiger charge is -2.13. The molecular weight excluding hydrogens is 505 g/mol. The van der Waals surface area contributed by atoms with Gasteiger partial charge >= 0.3 is 0 Å². The predicted octanol–water partition coefficient (Wildman–Crippen LogP) is 3.25. The maximum Gasteiger partial charge on any atom is 0.251 e. The third-order valence-corrected chi connectivity index (χ3v) is 4.81. The molecule has 1 aromatic heterocycles. The highest BCUT2D eigenvalue weighted by atomic mass is 127. The van der Waals surface area contributed by atoms with Gasteiger partial charge in [0.2, 0.25) is 0 Å². The van der Waals surface area contributed by atoms with E-state index in [1.807, 2.05) is 6.07 Å². The molecule has 1 heterocycles. The number of amides is 1. The van der Waals surface area contributed by atoms with E-state index in [1.54, 1.807) is 32.4 Å². The second-order valence-electron chi connectivity index (χ2n) is 6.84. The molecule has 7 nitrogen and oxygen atoms in total. The van der Waals surface area contributed by atoms with E-state index in [4.69, 9.17) is 4.74 Å². The first-order valence-electron chi connectivity index (χ1n) is 10.1. The molecule has 31 heavy (non-hydrogen) atoms. The summed E-state index contributed by atoms with van der Waals surface area (Å²) in [7, 11) is 3.32. The zero-order valence-corrected chi connectivity index (χ0v) is 20.3. The largest absolute Gasteiger partial charge is 0.497 e. The summed E-state index contributed by atoms with van der Waals surface area (Å²) in [6, 6.07) is 17.6. The Morgan fingerprint density at radius 2 is 1.77 bits per heavy atom. The second kappa shape index (κ2) is 12.8. The van der Waals surface area contributed by atoms with Crippen LogP contribution in [0.1, 0.15) is 16.8 Å². The molecular formula is C23H30IN5O2. The van der Waals surface area contributed by atoms with Crippen molar-refractivity contribution in [1.82, 2.24) is 20.5 Å². The predicted molar refractivity (Wildman–Crippen MR) is 137 cm³/mol. The molecule has 0 aliphatic carbocycles. The highest BCUT2D eigenvalue weighted by Gasteiger charge is 2.06. The number of rotatable bonds is 9. The van der Waals surface area contributed by atoms with Crippen molar-refractivity contribution in [3.8, 4) is 5.75 Å². The van der Waals surface area contributed by atoms with Gasteiger partial charge in [-0.1, -0.05) is 24.3 Å². The summed E-state index contributed by atoms with van der Waals surface area (Å²) in [5.74, 6) is 1.26. The monoisotopic (exact) mass is 535 g/mol. The van der Waals surface area contributed by atoms with Crippen molar-refractivity contribution in [1.29, 1.82) is 0 Å². The van der Waals surface area contributed by atoms with Gasteiger partial charge in [-0.25, -0.2) is 0 Å². The molecule has 0 radical (unpaired) electrons. The number of aryl methyl sites for hydroxylation is 1. The first-order valence-corrected chi connectivity index (χ1v) is 10.1. The molecule has 3 N–H and O–H groups in total. The molecule has 0 saturated carbocycles. The number of hydrogen-bond donors (Lipinski definition) is 3. The lowest BCUT2D eigenvalue weighted by molar-refractivity contribution is 0.0954. The lowest BCUT2D eigenvalue weighted by Crippen LogP contribution is -2.41. The van der Waals surface area contributed by atoms with Gasteiger partial charge < -0.3 is 25.3 Å². The van der Waals surface area contributed by atoms with Gasteiger partial charge in [-0.05, 0) is 42.1 Å². The van der Waals surface area contributed by atoms with E-state index in [9.17, 15) is 4.79 Å². The molecule has 3 rings (SSSR count). The molecule has 0 spiro atoms. The van der Waals surface area contributed by atoms with Crippen LogP contribution in [0.5, 0.6) is 5.75 Å². The number of hydrogen-bond acceptors (Lipinski definition) is 3. The summed E-state index contributed by atoms with van der Waals surface area (Å²) < 4.78 is 7.42. The smallest absolute Gasteiger partial charge is 0.251 e. The number of halogens is 1. The van der Waals surface area contributed by atoms with Gasteiger partial charge in [-0.2, -0.15) is 0 Å². The molecule has 166 valence electrons. The van der Waals surface area contributed by atoms with Gasteiger partial charge in [-0.15, -0.1) is 24.0 Å². The molecule has 0 unspecified atom stereocenters. The molecule has 0 aliphatic rings. The van der Waals surface area contributed by atoms with Gasteiger partial charge in [0.25, 0.3) is 5.91 Å². The van der Waals surface area contributed by atoms with Gasteiger partial charge in [-0.3, -0.25) is 9.79 Å². The van der Waals surface area contributed by atoms with Crippen LogP contribution in [0, 0.1) is 0 Å². The summed E-state index contributed by atoms with van der Waals surface area (Å²) in [6.07, 6.45) is 3.11. The summed E-state index contributed by atoms with van der Waals surface area (Å²) in [5.41, 5.74) is 1.83. The second-order valence-corrected chi connectivity index (χ2v) is 6.84. The summed E-state index contributed by atoms with van der Waals surface area (Å²) >= 11 is 0. The minimum absolute atomic E-state index is 0. The van der Waals surface area contributed by atoms with E-state index in [0.29, 0.717) is 24.4 Å². The van der Waals surface area contributed by atoms with E-state index in [2.05, 4.69) is 62.0 Å². The summed E-state index contributed by atoms with van der Waals surface area (Å²) in [4.78, 5) is 16.4. The molecule has 0 fully saturated rings. The first-order chi connectivity index (χ1) is 14.7. The van der Waals surface area contributed by atoms with Crippen molar-refractivity contribution in [2.24, 2.45) is 4.99 Å². The third-order valence-electron chi connectivity index (χ3n) is 4.81. The Hall–Kier alpha value is -2.75. The fraction of sp³-hybridized carbons (Fsp3) is 0.304. The van der Waals surface area contributed by atoms with Gasteiger partial charge in [0.15, 0.2) is 5.96 Å². The Kier molecular flexibility index (Phi) is 10.2. The molecule has 0 atom stereocenters. The van der Waals surface area contributed by atoms with E-state index < -0.39 is 0 Å². The molecule has 1 amide bonds. The van der Waals surface area contributed by atoms with E-state index in [1.165, 1.54) is 10.9 Å². The SMILES string of the molecule is CN=C(NCCCn1ccc2ccccc21)NCCNC(=O)c1cccc(OC)c1.I. The van der Waals surface area contributed by atoms with Crippen LogP contribution in [0.25, 0.3) is 10.9 Å². The van der Waals surface area contributed by atoms with Crippen molar-refractivity contribution in [2.75, 3.05) is 33.8 Å². The number of fused-ring (bicyclic) bond motifs is 1. The maximum absolute atomic E-state index is 12.2. The Balaban J connectivity index is 0.00000341. The van der Waals surface area contributed by atoms with Gasteiger partial charge in [0.1, 0.15) is 5.75 Å². The van der Waals surface area contributed by atoms with Crippen LogP contribution in [0.15, 0.2) is 65.8 Å². The number of aliphatic imine (C=N–C) groups is 1. The first kappa shape index (κ1) is 24.5. The Morgan fingerprint density at radius 3 is 2.58 bits per heavy atom. The van der Waals surface area contributed by atoms with Gasteiger partial charge in [0.05, 0.1) is 7.11 Å². The number of methoxy groups -OCH3 is 1. The Bertz CT molecular complexity index is 1000. The zero-order valence-electron chi connectivity index (χ0n) is 17.9. The number of nitrogens with zero attached hydrogens (tertiary/aromatic N) is 2. The number of guanidine groups is 1. The van der Waals surface area contributed by atoms with E-state index >= 15 is 0 Å². The van der Waals surface area contributed by atoms with Crippen LogP contribution < -0.4 is 20.7 Å². The van der Waals surface area contributed by atoms with Crippen LogP contribution >= 0.6 is 24.0 Å². The average molecular weight is 535 g/mol. The van der Waals surface area contributed by atoms with Crippen molar-refractivity contribution in [3.05, 3.63) is 66.4 Å². The normalized spacial score (nSPS) is 11.0. The van der Waals surface area contributed by atoms with Crippen LogP contribution in [-0.4, -0.2) is 50.2 Å². The fourth-order valence-electron chi connectivity index (χ4n) is 3.24. The van der Waals surface area contributed by atoms with Crippen LogP contribution in [0.3, 0.4) is 0 Å². The highest BCUT2D eigenvalue weighted by Crippen LogP contribution is 2.15. The highest BCUT2D eigenvalue weighted by molar-refractivity contribution is 14.0.